The highest BCUT2D eigenvalue weighted by molar-refractivity contribution is 6.21. The van der Waals surface area contributed by atoms with E-state index in [1.54, 1.807) is 6.92 Å². The van der Waals surface area contributed by atoms with Crippen LogP contribution in [0, 0.1) is 13.8 Å². The summed E-state index contributed by atoms with van der Waals surface area (Å²) >= 11 is 6.08. The summed E-state index contributed by atoms with van der Waals surface area (Å²) in [4.78, 5) is 38.7. The van der Waals surface area contributed by atoms with E-state index in [-0.39, 0.29) is 30.7 Å². The lowest BCUT2D eigenvalue weighted by Gasteiger charge is -2.29. The number of phenols is 1. The van der Waals surface area contributed by atoms with Crippen LogP contribution in [0.15, 0.2) is 42.5 Å². The molecule has 33 heavy (non-hydrogen) atoms. The summed E-state index contributed by atoms with van der Waals surface area (Å²) in [6, 6.07) is 9.73. The number of carbonyl (C=O) groups is 3. The smallest absolute Gasteiger partial charge is 0.326 e. The number of hydrogen-bond acceptors (Lipinski definition) is 5. The molecule has 0 saturated carbocycles. The lowest BCUT2D eigenvalue weighted by Crippen LogP contribution is -2.54. The molecular formula is C24H27ClN2O6. The Morgan fingerprint density at radius 3 is 2.45 bits per heavy atom. The number of hydrogen-bond donors (Lipinski definition) is 4. The number of benzene rings is 2. The summed E-state index contributed by atoms with van der Waals surface area (Å²) in [5.41, 5.74) is 2.37. The second-order valence-corrected chi connectivity index (χ2v) is 8.96. The maximum atomic E-state index is 13.1. The van der Waals surface area contributed by atoms with E-state index in [1.807, 2.05) is 31.2 Å². The fourth-order valence-electron chi connectivity index (χ4n) is 3.94. The standard InChI is InChI=1S/C24H27ClN2O6/c1-13-6-8-15(9-7-13)10-18(26-22(30)17-4-3-5-20(28)14(17)2)21(29)23(31)27-12-16(25)11-19(27)24(32)33/h3-9,16,18-19,21,28-29H,10-12H2,1-2H3,(H,26,30)(H,32,33)/t16-,18-,19-,21-/m0/s1. The maximum Gasteiger partial charge on any atom is 0.326 e. The Balaban J connectivity index is 1.87. The molecule has 1 heterocycles. The first-order valence-corrected chi connectivity index (χ1v) is 11.0. The fourth-order valence-corrected chi connectivity index (χ4v) is 4.26. The highest BCUT2D eigenvalue weighted by Crippen LogP contribution is 2.25. The molecule has 1 saturated heterocycles. The Labute approximate surface area is 196 Å². The van der Waals surface area contributed by atoms with Gasteiger partial charge in [-0.2, -0.15) is 0 Å². The van der Waals surface area contributed by atoms with Crippen LogP contribution < -0.4 is 5.32 Å². The van der Waals surface area contributed by atoms with Gasteiger partial charge in [0.05, 0.1) is 11.4 Å². The van der Waals surface area contributed by atoms with Crippen LogP contribution in [0.1, 0.15) is 33.5 Å². The number of nitrogens with one attached hydrogen (secondary N) is 1. The summed E-state index contributed by atoms with van der Waals surface area (Å²) in [6.07, 6.45) is -1.49. The van der Waals surface area contributed by atoms with Gasteiger partial charge in [0.15, 0.2) is 6.10 Å². The number of carboxylic acid groups (broad SMARTS) is 1. The minimum Gasteiger partial charge on any atom is -0.508 e. The molecular weight excluding hydrogens is 448 g/mol. The molecule has 1 aliphatic heterocycles. The monoisotopic (exact) mass is 474 g/mol. The molecule has 8 nitrogen and oxygen atoms in total. The number of nitrogens with zero attached hydrogens (tertiary/aromatic N) is 1. The number of halogens is 1. The Morgan fingerprint density at radius 2 is 1.82 bits per heavy atom. The number of carbonyl (C=O) groups excluding carboxylic acids is 2. The highest BCUT2D eigenvalue weighted by atomic mass is 35.5. The predicted molar refractivity (Wildman–Crippen MR) is 122 cm³/mol. The number of aryl methyl sites for hydroxylation is 1. The molecule has 4 N–H and O–H groups in total. The zero-order chi connectivity index (χ0) is 24.3. The van der Waals surface area contributed by atoms with Gasteiger partial charge in [-0.25, -0.2) is 4.79 Å². The second kappa shape index (κ2) is 10.2. The first kappa shape index (κ1) is 24.5. The minimum atomic E-state index is -1.70. The summed E-state index contributed by atoms with van der Waals surface area (Å²) < 4.78 is 0. The van der Waals surface area contributed by atoms with Crippen molar-refractivity contribution in [3.8, 4) is 5.75 Å². The number of amides is 2. The molecule has 0 spiro atoms. The molecule has 1 aliphatic rings. The molecule has 2 amide bonds. The molecule has 4 atom stereocenters. The zero-order valence-corrected chi connectivity index (χ0v) is 19.1. The van der Waals surface area contributed by atoms with Gasteiger partial charge in [-0.15, -0.1) is 11.6 Å². The first-order chi connectivity index (χ1) is 15.6. The number of rotatable bonds is 7. The van der Waals surface area contributed by atoms with Gasteiger partial charge in [-0.3, -0.25) is 9.59 Å². The molecule has 0 unspecified atom stereocenters. The van der Waals surface area contributed by atoms with Crippen LogP contribution >= 0.6 is 11.6 Å². The molecule has 2 aromatic rings. The van der Waals surface area contributed by atoms with Crippen molar-refractivity contribution in [3.63, 3.8) is 0 Å². The Morgan fingerprint density at radius 1 is 1.15 bits per heavy atom. The van der Waals surface area contributed by atoms with Crippen LogP contribution in [0.25, 0.3) is 0 Å². The number of likely N-dealkylation sites (tertiary alicyclic amines) is 1. The molecule has 0 aromatic heterocycles. The van der Waals surface area contributed by atoms with E-state index in [2.05, 4.69) is 5.32 Å². The summed E-state index contributed by atoms with van der Waals surface area (Å²) in [6.45, 7) is 3.50. The third-order valence-corrected chi connectivity index (χ3v) is 6.21. The zero-order valence-electron chi connectivity index (χ0n) is 18.4. The van der Waals surface area contributed by atoms with Crippen LogP contribution in [0.5, 0.6) is 5.75 Å². The Bertz CT molecular complexity index is 1040. The van der Waals surface area contributed by atoms with Crippen LogP contribution in [0.4, 0.5) is 0 Å². The van der Waals surface area contributed by atoms with Crippen LogP contribution in [0.2, 0.25) is 0 Å². The Hall–Kier alpha value is -3.10. The number of alkyl halides is 1. The van der Waals surface area contributed by atoms with Crippen molar-refractivity contribution in [3.05, 3.63) is 64.7 Å². The van der Waals surface area contributed by atoms with Crippen molar-refractivity contribution in [2.75, 3.05) is 6.54 Å². The molecule has 2 aromatic carbocycles. The van der Waals surface area contributed by atoms with Crippen molar-refractivity contribution in [2.24, 2.45) is 0 Å². The number of aliphatic hydroxyl groups is 1. The molecule has 176 valence electrons. The van der Waals surface area contributed by atoms with Crippen LogP contribution in [0.3, 0.4) is 0 Å². The largest absolute Gasteiger partial charge is 0.508 e. The molecule has 3 rings (SSSR count). The van der Waals surface area contributed by atoms with Gasteiger partial charge in [0.1, 0.15) is 11.8 Å². The fraction of sp³-hybridized carbons (Fsp3) is 0.375. The van der Waals surface area contributed by atoms with Gasteiger partial charge in [-0.1, -0.05) is 35.9 Å². The SMILES string of the molecule is Cc1ccc(C[C@H](NC(=O)c2cccc(O)c2C)[C@H](O)C(=O)N2C[C@@H](Cl)C[C@H]2C(=O)O)cc1. The third-order valence-electron chi connectivity index (χ3n) is 5.89. The number of aromatic hydroxyl groups is 1. The van der Waals surface area contributed by atoms with Gasteiger partial charge in [0.2, 0.25) is 0 Å². The number of aliphatic hydroxyl groups excluding tert-OH is 1. The molecule has 9 heteroatoms. The summed E-state index contributed by atoms with van der Waals surface area (Å²) in [5.74, 6) is -2.63. The molecule has 0 aliphatic carbocycles. The minimum absolute atomic E-state index is 0.00865. The normalized spacial score (nSPS) is 19.7. The van der Waals surface area contributed by atoms with E-state index in [1.165, 1.54) is 18.2 Å². The van der Waals surface area contributed by atoms with E-state index >= 15 is 0 Å². The lowest BCUT2D eigenvalue weighted by atomic mass is 9.98. The molecule has 1 fully saturated rings. The van der Waals surface area contributed by atoms with E-state index < -0.39 is 41.3 Å². The highest BCUT2D eigenvalue weighted by Gasteiger charge is 2.42. The topological polar surface area (TPSA) is 127 Å². The van der Waals surface area contributed by atoms with Gasteiger partial charge in [0, 0.05) is 17.7 Å². The van der Waals surface area contributed by atoms with E-state index in [0.29, 0.717) is 5.56 Å². The average Bonchev–Trinajstić information content (AvgIpc) is 3.17. The van der Waals surface area contributed by atoms with Crippen molar-refractivity contribution >= 4 is 29.4 Å². The average molecular weight is 475 g/mol. The quantitative estimate of drug-likeness (QED) is 0.454. The van der Waals surface area contributed by atoms with Crippen LogP contribution in [-0.4, -0.2) is 68.1 Å². The van der Waals surface area contributed by atoms with Gasteiger partial charge in [-0.05, 0) is 44.4 Å². The predicted octanol–water partition coefficient (Wildman–Crippen LogP) is 2.00. The van der Waals surface area contributed by atoms with Crippen molar-refractivity contribution in [2.45, 2.75) is 50.3 Å². The van der Waals surface area contributed by atoms with Crippen LogP contribution in [-0.2, 0) is 16.0 Å². The Kier molecular flexibility index (Phi) is 7.61. The number of carboxylic acids is 1. The van der Waals surface area contributed by atoms with Crippen molar-refractivity contribution in [1.82, 2.24) is 10.2 Å². The van der Waals surface area contributed by atoms with E-state index in [0.717, 1.165) is 16.0 Å². The molecule has 0 radical (unpaired) electrons. The lowest BCUT2D eigenvalue weighted by molar-refractivity contribution is -0.152. The second-order valence-electron chi connectivity index (χ2n) is 8.34. The van der Waals surface area contributed by atoms with Gasteiger partial charge in [0.25, 0.3) is 11.8 Å². The van der Waals surface area contributed by atoms with Crippen molar-refractivity contribution in [1.29, 1.82) is 0 Å². The van der Waals surface area contributed by atoms with Crippen molar-refractivity contribution < 1.29 is 29.7 Å². The van der Waals surface area contributed by atoms with E-state index in [4.69, 9.17) is 11.6 Å². The number of phenolic OH excluding ortho intramolecular Hbond substituents is 1. The number of aliphatic carboxylic acids is 1. The van der Waals surface area contributed by atoms with Gasteiger partial charge < -0.3 is 25.5 Å². The summed E-state index contributed by atoms with van der Waals surface area (Å²) in [7, 11) is 0. The maximum absolute atomic E-state index is 13.1. The first-order valence-electron chi connectivity index (χ1n) is 10.6. The molecule has 0 bridgehead atoms. The summed E-state index contributed by atoms with van der Waals surface area (Å²) in [5, 5.41) is 32.5. The van der Waals surface area contributed by atoms with E-state index in [9.17, 15) is 29.7 Å². The third kappa shape index (κ3) is 5.64. The van der Waals surface area contributed by atoms with Gasteiger partial charge >= 0.3 is 5.97 Å².